The zero-order chi connectivity index (χ0) is 20.5. The minimum atomic E-state index is -0.204. The molecule has 29 heavy (non-hydrogen) atoms. The number of carbonyl (C=O) groups excluding carboxylic acids is 1. The molecule has 3 aromatic rings. The van der Waals surface area contributed by atoms with Gasteiger partial charge in [0.2, 0.25) is 0 Å². The molecule has 1 aromatic heterocycles. The Morgan fingerprint density at radius 1 is 1.07 bits per heavy atom. The van der Waals surface area contributed by atoms with Gasteiger partial charge in [0.05, 0.1) is 17.8 Å². The van der Waals surface area contributed by atoms with Crippen LogP contribution in [0.5, 0.6) is 0 Å². The maximum absolute atomic E-state index is 12.7. The van der Waals surface area contributed by atoms with E-state index in [-0.39, 0.29) is 18.1 Å². The molecule has 0 saturated carbocycles. The SMILES string of the molecule is Cc1ccc(-c2nc3c(c(=O)[nH]2)CN(C(=O)Nc2ccc(C)cc2C)CC3)cc1. The van der Waals surface area contributed by atoms with Crippen LogP contribution in [0.25, 0.3) is 11.4 Å². The van der Waals surface area contributed by atoms with Crippen LogP contribution in [0.1, 0.15) is 27.9 Å². The molecule has 2 aromatic carbocycles. The van der Waals surface area contributed by atoms with Gasteiger partial charge in [-0.3, -0.25) is 4.79 Å². The first-order valence-corrected chi connectivity index (χ1v) is 9.73. The molecular weight excluding hydrogens is 364 g/mol. The second-order valence-electron chi connectivity index (χ2n) is 7.63. The van der Waals surface area contributed by atoms with E-state index in [4.69, 9.17) is 0 Å². The Kier molecular flexibility index (Phi) is 4.92. The van der Waals surface area contributed by atoms with Crippen molar-refractivity contribution in [1.82, 2.24) is 14.9 Å². The number of aryl methyl sites for hydroxylation is 3. The Bertz CT molecular complexity index is 1130. The average molecular weight is 388 g/mol. The van der Waals surface area contributed by atoms with Crippen LogP contribution in [-0.4, -0.2) is 27.4 Å². The Balaban J connectivity index is 1.54. The topological polar surface area (TPSA) is 78.1 Å². The summed E-state index contributed by atoms with van der Waals surface area (Å²) in [6.45, 7) is 6.78. The van der Waals surface area contributed by atoms with Crippen LogP contribution in [0, 0.1) is 20.8 Å². The van der Waals surface area contributed by atoms with Gasteiger partial charge in [0.1, 0.15) is 5.82 Å². The molecule has 0 radical (unpaired) electrons. The molecule has 0 spiro atoms. The maximum Gasteiger partial charge on any atom is 0.322 e. The molecule has 0 unspecified atom stereocenters. The number of urea groups is 1. The molecule has 0 saturated heterocycles. The zero-order valence-electron chi connectivity index (χ0n) is 16.9. The van der Waals surface area contributed by atoms with Crippen molar-refractivity contribution in [1.29, 1.82) is 0 Å². The van der Waals surface area contributed by atoms with Gasteiger partial charge in [-0.25, -0.2) is 9.78 Å². The molecule has 0 aliphatic carbocycles. The molecule has 0 bridgehead atoms. The predicted molar refractivity (Wildman–Crippen MR) is 114 cm³/mol. The average Bonchev–Trinajstić information content (AvgIpc) is 2.70. The third-order valence-corrected chi connectivity index (χ3v) is 5.30. The maximum atomic E-state index is 12.7. The summed E-state index contributed by atoms with van der Waals surface area (Å²) in [5.74, 6) is 0.571. The van der Waals surface area contributed by atoms with Crippen molar-refractivity contribution >= 4 is 11.7 Å². The lowest BCUT2D eigenvalue weighted by atomic mass is 10.1. The van der Waals surface area contributed by atoms with Crippen molar-refractivity contribution in [3.8, 4) is 11.4 Å². The van der Waals surface area contributed by atoms with E-state index in [1.807, 2.05) is 63.2 Å². The summed E-state index contributed by atoms with van der Waals surface area (Å²) in [4.78, 5) is 34.6. The summed E-state index contributed by atoms with van der Waals surface area (Å²) in [5, 5.41) is 2.95. The number of benzene rings is 2. The predicted octanol–water partition coefficient (Wildman–Crippen LogP) is 3.95. The molecule has 2 amide bonds. The van der Waals surface area contributed by atoms with Gasteiger partial charge in [-0.2, -0.15) is 0 Å². The van der Waals surface area contributed by atoms with E-state index in [1.54, 1.807) is 4.90 Å². The molecule has 1 aliphatic rings. The van der Waals surface area contributed by atoms with Crippen molar-refractivity contribution in [3.63, 3.8) is 0 Å². The number of hydrogen-bond acceptors (Lipinski definition) is 3. The number of amides is 2. The first-order valence-electron chi connectivity index (χ1n) is 9.73. The molecule has 2 heterocycles. The monoisotopic (exact) mass is 388 g/mol. The van der Waals surface area contributed by atoms with Crippen molar-refractivity contribution in [2.75, 3.05) is 11.9 Å². The highest BCUT2D eigenvalue weighted by Gasteiger charge is 2.25. The van der Waals surface area contributed by atoms with Gasteiger partial charge in [-0.05, 0) is 32.4 Å². The lowest BCUT2D eigenvalue weighted by molar-refractivity contribution is 0.205. The number of hydrogen-bond donors (Lipinski definition) is 2. The number of rotatable bonds is 2. The third kappa shape index (κ3) is 3.92. The van der Waals surface area contributed by atoms with Crippen molar-refractivity contribution in [3.05, 3.63) is 80.8 Å². The highest BCUT2D eigenvalue weighted by Crippen LogP contribution is 2.21. The van der Waals surface area contributed by atoms with Gasteiger partial charge in [0, 0.05) is 24.2 Å². The van der Waals surface area contributed by atoms with Gasteiger partial charge >= 0.3 is 6.03 Å². The molecule has 0 fully saturated rings. The smallest absolute Gasteiger partial charge is 0.320 e. The summed E-state index contributed by atoms with van der Waals surface area (Å²) in [7, 11) is 0. The summed E-state index contributed by atoms with van der Waals surface area (Å²) >= 11 is 0. The van der Waals surface area contributed by atoms with E-state index in [0.717, 1.165) is 33.6 Å². The summed E-state index contributed by atoms with van der Waals surface area (Å²) < 4.78 is 0. The number of aromatic amines is 1. The van der Waals surface area contributed by atoms with Crippen LogP contribution < -0.4 is 10.9 Å². The van der Waals surface area contributed by atoms with Gasteiger partial charge in [0.25, 0.3) is 5.56 Å². The van der Waals surface area contributed by atoms with E-state index in [0.29, 0.717) is 24.4 Å². The lowest BCUT2D eigenvalue weighted by Gasteiger charge is -2.28. The van der Waals surface area contributed by atoms with Crippen LogP contribution in [-0.2, 0) is 13.0 Å². The van der Waals surface area contributed by atoms with Crippen LogP contribution in [0.4, 0.5) is 10.5 Å². The molecule has 148 valence electrons. The fraction of sp³-hybridized carbons (Fsp3) is 0.261. The molecule has 0 atom stereocenters. The van der Waals surface area contributed by atoms with Gasteiger partial charge in [0.15, 0.2) is 0 Å². The number of aromatic nitrogens is 2. The first-order chi connectivity index (χ1) is 13.9. The summed E-state index contributed by atoms with van der Waals surface area (Å²) in [5.41, 5.74) is 6.11. The Morgan fingerprint density at radius 3 is 2.52 bits per heavy atom. The number of carbonyl (C=O) groups is 1. The molecule has 6 heteroatoms. The van der Waals surface area contributed by atoms with E-state index >= 15 is 0 Å². The number of fused-ring (bicyclic) bond motifs is 1. The number of anilines is 1. The van der Waals surface area contributed by atoms with Gasteiger partial charge in [-0.1, -0.05) is 47.5 Å². The molecule has 6 nitrogen and oxygen atoms in total. The minimum absolute atomic E-state index is 0.186. The Hall–Kier alpha value is -3.41. The first kappa shape index (κ1) is 18.9. The van der Waals surface area contributed by atoms with E-state index in [2.05, 4.69) is 15.3 Å². The normalized spacial score (nSPS) is 13.1. The van der Waals surface area contributed by atoms with Crippen LogP contribution >= 0.6 is 0 Å². The van der Waals surface area contributed by atoms with Crippen LogP contribution in [0.15, 0.2) is 47.3 Å². The van der Waals surface area contributed by atoms with Gasteiger partial charge < -0.3 is 15.2 Å². The van der Waals surface area contributed by atoms with E-state index in [9.17, 15) is 9.59 Å². The van der Waals surface area contributed by atoms with Crippen molar-refractivity contribution in [2.45, 2.75) is 33.7 Å². The molecule has 1 aliphatic heterocycles. The Morgan fingerprint density at radius 2 is 1.79 bits per heavy atom. The van der Waals surface area contributed by atoms with Crippen molar-refractivity contribution < 1.29 is 4.79 Å². The van der Waals surface area contributed by atoms with Crippen LogP contribution in [0.3, 0.4) is 0 Å². The zero-order valence-corrected chi connectivity index (χ0v) is 16.9. The fourth-order valence-electron chi connectivity index (χ4n) is 3.59. The Labute approximate surface area is 169 Å². The highest BCUT2D eigenvalue weighted by molar-refractivity contribution is 5.90. The van der Waals surface area contributed by atoms with E-state index in [1.165, 1.54) is 0 Å². The second-order valence-corrected chi connectivity index (χ2v) is 7.63. The largest absolute Gasteiger partial charge is 0.322 e. The molecule has 2 N–H and O–H groups in total. The molecular formula is C23H24N4O2. The van der Waals surface area contributed by atoms with Crippen LogP contribution in [0.2, 0.25) is 0 Å². The lowest BCUT2D eigenvalue weighted by Crippen LogP contribution is -2.41. The quantitative estimate of drug-likeness (QED) is 0.698. The highest BCUT2D eigenvalue weighted by atomic mass is 16.2. The number of nitrogens with zero attached hydrogens (tertiary/aromatic N) is 2. The van der Waals surface area contributed by atoms with Gasteiger partial charge in [-0.15, -0.1) is 0 Å². The number of H-pyrrole nitrogens is 1. The standard InChI is InChI=1S/C23H24N4O2/c1-14-4-7-17(8-5-14)21-24-20-10-11-27(13-18(20)22(28)26-21)23(29)25-19-9-6-15(2)12-16(19)3/h4-9,12H,10-11,13H2,1-3H3,(H,25,29)(H,24,26,28). The summed E-state index contributed by atoms with van der Waals surface area (Å²) in [6.07, 6.45) is 0.554. The summed E-state index contributed by atoms with van der Waals surface area (Å²) in [6, 6.07) is 13.6. The van der Waals surface area contributed by atoms with E-state index < -0.39 is 0 Å². The van der Waals surface area contributed by atoms with Crippen molar-refractivity contribution in [2.24, 2.45) is 0 Å². The molecule has 4 rings (SSSR count). The number of nitrogens with one attached hydrogen (secondary N) is 2. The fourth-order valence-corrected chi connectivity index (χ4v) is 3.59. The minimum Gasteiger partial charge on any atom is -0.320 e. The third-order valence-electron chi connectivity index (χ3n) is 5.30. The second kappa shape index (κ2) is 7.54.